The second-order valence-electron chi connectivity index (χ2n) is 4.29. The first-order valence-corrected chi connectivity index (χ1v) is 7.00. The van der Waals surface area contributed by atoms with E-state index in [0.29, 0.717) is 11.3 Å². The number of benzene rings is 2. The topological polar surface area (TPSA) is 70.3 Å². The lowest BCUT2D eigenvalue weighted by Gasteiger charge is -2.08. The van der Waals surface area contributed by atoms with Gasteiger partial charge in [-0.15, -0.1) is 0 Å². The van der Waals surface area contributed by atoms with Crippen LogP contribution in [0.3, 0.4) is 0 Å². The molecule has 0 saturated carbocycles. The van der Waals surface area contributed by atoms with E-state index >= 15 is 0 Å². The third-order valence-corrected chi connectivity index (χ3v) is 3.86. The Morgan fingerprint density at radius 3 is 2.57 bits per heavy atom. The summed E-state index contributed by atoms with van der Waals surface area (Å²) in [6.45, 7) is 0. The normalized spacial score (nSPS) is 9.90. The van der Waals surface area contributed by atoms with E-state index in [1.54, 1.807) is 31.4 Å². The maximum absolute atomic E-state index is 10.6. The van der Waals surface area contributed by atoms with E-state index in [1.807, 2.05) is 18.2 Å². The Balaban J connectivity index is 2.18. The van der Waals surface area contributed by atoms with Crippen LogP contribution in [0.5, 0.6) is 5.75 Å². The van der Waals surface area contributed by atoms with E-state index in [-0.39, 0.29) is 6.42 Å². The predicted molar refractivity (Wildman–Crippen MR) is 79.6 cm³/mol. The summed E-state index contributed by atoms with van der Waals surface area (Å²) in [4.78, 5) is 12.5. The number of rotatable bonds is 5. The fourth-order valence-corrected chi connectivity index (χ4v) is 2.70. The highest BCUT2D eigenvalue weighted by Crippen LogP contribution is 2.35. The SMILES string of the molecule is COc1cc(C#N)ccc1Sc1ccc(CC(=O)O)cc1. The quantitative estimate of drug-likeness (QED) is 0.916. The molecule has 0 aliphatic rings. The summed E-state index contributed by atoms with van der Waals surface area (Å²) in [5.41, 5.74) is 1.31. The van der Waals surface area contributed by atoms with Crippen LogP contribution in [0.4, 0.5) is 0 Å². The first-order valence-electron chi connectivity index (χ1n) is 6.19. The maximum Gasteiger partial charge on any atom is 0.307 e. The Kier molecular flexibility index (Phi) is 4.85. The lowest BCUT2D eigenvalue weighted by atomic mass is 10.2. The van der Waals surface area contributed by atoms with Crippen LogP contribution in [0.1, 0.15) is 11.1 Å². The number of hydrogen-bond acceptors (Lipinski definition) is 4. The van der Waals surface area contributed by atoms with Gasteiger partial charge >= 0.3 is 5.97 Å². The molecule has 0 unspecified atom stereocenters. The van der Waals surface area contributed by atoms with Crippen LogP contribution in [0.25, 0.3) is 0 Å². The molecule has 0 atom stereocenters. The molecule has 0 radical (unpaired) electrons. The van der Waals surface area contributed by atoms with Crippen LogP contribution in [-0.4, -0.2) is 18.2 Å². The van der Waals surface area contributed by atoms with Gasteiger partial charge in [-0.1, -0.05) is 23.9 Å². The van der Waals surface area contributed by atoms with Crippen LogP contribution < -0.4 is 4.74 Å². The van der Waals surface area contributed by atoms with Crippen molar-refractivity contribution < 1.29 is 14.6 Å². The molecule has 5 heteroatoms. The zero-order chi connectivity index (χ0) is 15.2. The van der Waals surface area contributed by atoms with Gasteiger partial charge in [0.1, 0.15) is 5.75 Å². The second-order valence-corrected chi connectivity index (χ2v) is 5.41. The Labute approximate surface area is 127 Å². The molecule has 0 bridgehead atoms. The van der Waals surface area contributed by atoms with E-state index in [1.165, 1.54) is 11.8 Å². The maximum atomic E-state index is 10.6. The summed E-state index contributed by atoms with van der Waals surface area (Å²) in [7, 11) is 1.57. The highest BCUT2D eigenvalue weighted by atomic mass is 32.2. The minimum atomic E-state index is -0.843. The molecule has 4 nitrogen and oxygen atoms in total. The van der Waals surface area contributed by atoms with Gasteiger partial charge in [-0.05, 0) is 35.9 Å². The summed E-state index contributed by atoms with van der Waals surface area (Å²) < 4.78 is 5.29. The molecule has 0 saturated heterocycles. The van der Waals surface area contributed by atoms with E-state index < -0.39 is 5.97 Å². The molecular formula is C16H13NO3S. The third-order valence-electron chi connectivity index (χ3n) is 2.80. The van der Waals surface area contributed by atoms with Gasteiger partial charge in [0, 0.05) is 4.90 Å². The number of aliphatic carboxylic acids is 1. The number of ether oxygens (including phenoxy) is 1. The fourth-order valence-electron chi connectivity index (χ4n) is 1.80. The lowest BCUT2D eigenvalue weighted by molar-refractivity contribution is -0.136. The zero-order valence-corrected chi connectivity index (χ0v) is 12.2. The van der Waals surface area contributed by atoms with Crippen LogP contribution in [-0.2, 0) is 11.2 Å². The van der Waals surface area contributed by atoms with Gasteiger partial charge in [-0.3, -0.25) is 4.79 Å². The molecule has 0 aliphatic heterocycles. The molecule has 2 aromatic rings. The molecule has 0 fully saturated rings. The third kappa shape index (κ3) is 4.01. The van der Waals surface area contributed by atoms with Crippen molar-refractivity contribution in [2.75, 3.05) is 7.11 Å². The first kappa shape index (κ1) is 14.9. The van der Waals surface area contributed by atoms with Crippen molar-refractivity contribution >= 4 is 17.7 Å². The molecule has 0 aliphatic carbocycles. The minimum Gasteiger partial charge on any atom is -0.496 e. The van der Waals surface area contributed by atoms with Crippen molar-refractivity contribution in [3.05, 3.63) is 53.6 Å². The minimum absolute atomic E-state index is 0.0190. The Morgan fingerprint density at radius 2 is 2.00 bits per heavy atom. The second kappa shape index (κ2) is 6.82. The van der Waals surface area contributed by atoms with Crippen molar-refractivity contribution in [2.24, 2.45) is 0 Å². The number of methoxy groups -OCH3 is 1. The summed E-state index contributed by atoms with van der Waals surface area (Å²) in [6.07, 6.45) is 0.0190. The molecule has 106 valence electrons. The van der Waals surface area contributed by atoms with Crippen LogP contribution in [0.2, 0.25) is 0 Å². The van der Waals surface area contributed by atoms with Gasteiger partial charge in [0.2, 0.25) is 0 Å². The van der Waals surface area contributed by atoms with Gasteiger partial charge in [0.05, 0.1) is 30.1 Å². The Bertz CT molecular complexity index is 690. The van der Waals surface area contributed by atoms with E-state index in [4.69, 9.17) is 15.1 Å². The van der Waals surface area contributed by atoms with Crippen molar-refractivity contribution in [3.8, 4) is 11.8 Å². The van der Waals surface area contributed by atoms with Crippen molar-refractivity contribution in [1.29, 1.82) is 5.26 Å². The summed E-state index contributed by atoms with van der Waals surface area (Å²) in [5, 5.41) is 17.6. The summed E-state index contributed by atoms with van der Waals surface area (Å²) in [6, 6.07) is 14.7. The molecule has 1 N–H and O–H groups in total. The smallest absolute Gasteiger partial charge is 0.307 e. The van der Waals surface area contributed by atoms with E-state index in [2.05, 4.69) is 6.07 Å². The number of carboxylic acid groups (broad SMARTS) is 1. The van der Waals surface area contributed by atoms with Gasteiger partial charge < -0.3 is 9.84 Å². The average molecular weight is 299 g/mol. The largest absolute Gasteiger partial charge is 0.496 e. The number of nitriles is 1. The van der Waals surface area contributed by atoms with E-state index in [9.17, 15) is 4.79 Å². The lowest BCUT2D eigenvalue weighted by Crippen LogP contribution is -1.99. The van der Waals surface area contributed by atoms with Gasteiger partial charge in [-0.25, -0.2) is 0 Å². The van der Waals surface area contributed by atoms with Crippen molar-refractivity contribution in [3.63, 3.8) is 0 Å². The highest BCUT2D eigenvalue weighted by Gasteiger charge is 2.07. The number of nitrogens with zero attached hydrogens (tertiary/aromatic N) is 1. The van der Waals surface area contributed by atoms with Gasteiger partial charge in [0.15, 0.2) is 0 Å². The van der Waals surface area contributed by atoms with Crippen molar-refractivity contribution in [1.82, 2.24) is 0 Å². The monoisotopic (exact) mass is 299 g/mol. The molecule has 2 aromatic carbocycles. The molecule has 0 heterocycles. The first-order chi connectivity index (χ1) is 10.1. The molecule has 2 rings (SSSR count). The summed E-state index contributed by atoms with van der Waals surface area (Å²) in [5.74, 6) is -0.196. The van der Waals surface area contributed by atoms with Crippen LogP contribution >= 0.6 is 11.8 Å². The van der Waals surface area contributed by atoms with E-state index in [0.717, 1.165) is 15.4 Å². The zero-order valence-electron chi connectivity index (χ0n) is 11.4. The van der Waals surface area contributed by atoms with Gasteiger partial charge in [0.25, 0.3) is 0 Å². The average Bonchev–Trinajstić information content (AvgIpc) is 2.49. The summed E-state index contributed by atoms with van der Waals surface area (Å²) >= 11 is 1.50. The van der Waals surface area contributed by atoms with Crippen LogP contribution in [0, 0.1) is 11.3 Å². The molecule has 0 amide bonds. The Hall–Kier alpha value is -2.45. The number of carboxylic acids is 1. The molecule has 0 spiro atoms. The fraction of sp³-hybridized carbons (Fsp3) is 0.125. The molecular weight excluding hydrogens is 286 g/mol. The van der Waals surface area contributed by atoms with Crippen LogP contribution in [0.15, 0.2) is 52.3 Å². The Morgan fingerprint density at radius 1 is 1.29 bits per heavy atom. The molecule has 0 aromatic heterocycles. The van der Waals surface area contributed by atoms with Crippen molar-refractivity contribution in [2.45, 2.75) is 16.2 Å². The number of carbonyl (C=O) groups is 1. The predicted octanol–water partition coefficient (Wildman–Crippen LogP) is 3.35. The standard InChI is InChI=1S/C16H13NO3S/c1-20-14-8-12(10-17)4-7-15(14)21-13-5-2-11(3-6-13)9-16(18)19/h2-8H,9H2,1H3,(H,18,19). The number of hydrogen-bond donors (Lipinski definition) is 1. The highest BCUT2D eigenvalue weighted by molar-refractivity contribution is 7.99. The molecule has 21 heavy (non-hydrogen) atoms. The van der Waals surface area contributed by atoms with Gasteiger partial charge in [-0.2, -0.15) is 5.26 Å².